The van der Waals surface area contributed by atoms with Crippen molar-refractivity contribution in [2.24, 2.45) is 11.7 Å². The monoisotopic (exact) mass is 398 g/mol. The Morgan fingerprint density at radius 1 is 1.19 bits per heavy atom. The van der Waals surface area contributed by atoms with Gasteiger partial charge in [0.1, 0.15) is 10.6 Å². The van der Waals surface area contributed by atoms with E-state index in [2.05, 4.69) is 16.3 Å². The first kappa shape index (κ1) is 17.1. The number of nitrogens with zero attached hydrogens (tertiary/aromatic N) is 3. The molecule has 0 radical (unpaired) electrons. The summed E-state index contributed by atoms with van der Waals surface area (Å²) in [7, 11) is 0. The number of anilines is 1. The Labute approximate surface area is 166 Å². The highest BCUT2D eigenvalue weighted by Crippen LogP contribution is 2.41. The van der Waals surface area contributed by atoms with E-state index in [9.17, 15) is 4.79 Å². The summed E-state index contributed by atoms with van der Waals surface area (Å²) in [6.07, 6.45) is 6.41. The molecule has 0 atom stereocenters. The zero-order valence-electron chi connectivity index (χ0n) is 15.1. The lowest BCUT2D eigenvalue weighted by molar-refractivity contribution is -0.122. The van der Waals surface area contributed by atoms with Gasteiger partial charge in [0.25, 0.3) is 0 Å². The molecule has 0 aromatic carbocycles. The Kier molecular flexibility index (Phi) is 4.36. The van der Waals surface area contributed by atoms with Crippen molar-refractivity contribution in [3.8, 4) is 10.7 Å². The molecular weight excluding hydrogens is 376 g/mol. The van der Waals surface area contributed by atoms with Crippen LogP contribution in [0.15, 0.2) is 17.5 Å². The second-order valence-electron chi connectivity index (χ2n) is 7.40. The first-order valence-corrected chi connectivity index (χ1v) is 11.3. The number of thiophene rings is 2. The van der Waals surface area contributed by atoms with Crippen LogP contribution in [0.2, 0.25) is 0 Å². The first-order valence-electron chi connectivity index (χ1n) is 9.61. The summed E-state index contributed by atoms with van der Waals surface area (Å²) in [5.74, 6) is 1.70. The van der Waals surface area contributed by atoms with Crippen LogP contribution >= 0.6 is 22.7 Å². The van der Waals surface area contributed by atoms with E-state index < -0.39 is 0 Å². The predicted octanol–water partition coefficient (Wildman–Crippen LogP) is 4.00. The molecule has 5 rings (SSSR count). The molecular formula is C20H22N4OS2. The molecule has 1 aliphatic heterocycles. The molecule has 1 fully saturated rings. The Morgan fingerprint density at radius 2 is 2.00 bits per heavy atom. The van der Waals surface area contributed by atoms with E-state index in [-0.39, 0.29) is 11.8 Å². The van der Waals surface area contributed by atoms with Crippen molar-refractivity contribution < 1.29 is 4.79 Å². The van der Waals surface area contributed by atoms with Gasteiger partial charge in [-0.2, -0.15) is 0 Å². The zero-order valence-corrected chi connectivity index (χ0v) is 16.7. The van der Waals surface area contributed by atoms with Crippen molar-refractivity contribution in [2.45, 2.75) is 38.5 Å². The van der Waals surface area contributed by atoms with Crippen LogP contribution in [0.5, 0.6) is 0 Å². The number of hydrogen-bond donors (Lipinski definition) is 1. The van der Waals surface area contributed by atoms with Crippen LogP contribution in [-0.2, 0) is 17.6 Å². The van der Waals surface area contributed by atoms with Gasteiger partial charge in [0, 0.05) is 23.9 Å². The van der Waals surface area contributed by atoms with E-state index in [4.69, 9.17) is 15.7 Å². The molecule has 140 valence electrons. The minimum atomic E-state index is -0.172. The molecule has 1 amide bonds. The van der Waals surface area contributed by atoms with Crippen LogP contribution in [0.1, 0.15) is 36.1 Å². The smallest absolute Gasteiger partial charge is 0.220 e. The number of piperidine rings is 1. The molecule has 4 heterocycles. The second-order valence-corrected chi connectivity index (χ2v) is 9.43. The van der Waals surface area contributed by atoms with E-state index >= 15 is 0 Å². The van der Waals surface area contributed by atoms with Crippen molar-refractivity contribution in [1.82, 2.24) is 9.97 Å². The van der Waals surface area contributed by atoms with Gasteiger partial charge in [-0.3, -0.25) is 4.79 Å². The molecule has 0 saturated carbocycles. The van der Waals surface area contributed by atoms with Gasteiger partial charge < -0.3 is 10.6 Å². The number of fused-ring (bicyclic) bond motifs is 3. The van der Waals surface area contributed by atoms with Gasteiger partial charge in [-0.15, -0.1) is 22.7 Å². The number of carbonyl (C=O) groups is 1. The minimum Gasteiger partial charge on any atom is -0.369 e. The molecule has 0 bridgehead atoms. The van der Waals surface area contributed by atoms with Crippen LogP contribution < -0.4 is 10.6 Å². The summed E-state index contributed by atoms with van der Waals surface area (Å²) in [4.78, 5) is 27.6. The van der Waals surface area contributed by atoms with Crippen LogP contribution in [0.4, 0.5) is 5.82 Å². The molecule has 3 aromatic heterocycles. The summed E-state index contributed by atoms with van der Waals surface area (Å²) in [6.45, 7) is 1.66. The summed E-state index contributed by atoms with van der Waals surface area (Å²) in [6, 6.07) is 4.13. The van der Waals surface area contributed by atoms with Gasteiger partial charge in [0.2, 0.25) is 5.91 Å². The second kappa shape index (κ2) is 6.87. The Balaban J connectivity index is 1.62. The fourth-order valence-corrected chi connectivity index (χ4v) is 6.17. The molecule has 27 heavy (non-hydrogen) atoms. The molecule has 0 spiro atoms. The van der Waals surface area contributed by atoms with Gasteiger partial charge in [0.15, 0.2) is 5.82 Å². The van der Waals surface area contributed by atoms with Crippen LogP contribution in [0.3, 0.4) is 0 Å². The lowest BCUT2D eigenvalue weighted by Crippen LogP contribution is -2.39. The number of hydrogen-bond acceptors (Lipinski definition) is 6. The summed E-state index contributed by atoms with van der Waals surface area (Å²) < 4.78 is 0. The minimum absolute atomic E-state index is 0.00765. The number of aryl methyl sites for hydroxylation is 2. The Bertz CT molecular complexity index is 987. The summed E-state index contributed by atoms with van der Waals surface area (Å²) in [5.41, 5.74) is 6.99. The van der Waals surface area contributed by atoms with Crippen molar-refractivity contribution in [2.75, 3.05) is 18.0 Å². The summed E-state index contributed by atoms with van der Waals surface area (Å²) >= 11 is 3.53. The number of nitrogens with two attached hydrogens (primary N) is 1. The average molecular weight is 399 g/mol. The third kappa shape index (κ3) is 3.02. The highest BCUT2D eigenvalue weighted by atomic mass is 32.1. The van der Waals surface area contributed by atoms with Crippen molar-refractivity contribution in [3.05, 3.63) is 28.0 Å². The Hall–Kier alpha value is -1.99. The molecule has 7 heteroatoms. The fraction of sp³-hybridized carbons (Fsp3) is 0.450. The molecule has 2 N–H and O–H groups in total. The van der Waals surface area contributed by atoms with Crippen LogP contribution in [0, 0.1) is 5.92 Å². The van der Waals surface area contributed by atoms with Gasteiger partial charge in [-0.1, -0.05) is 6.07 Å². The maximum absolute atomic E-state index is 11.6. The molecule has 1 saturated heterocycles. The molecule has 0 unspecified atom stereocenters. The van der Waals surface area contributed by atoms with E-state index in [1.807, 2.05) is 17.4 Å². The van der Waals surface area contributed by atoms with Gasteiger partial charge in [0.05, 0.1) is 10.3 Å². The number of aromatic nitrogens is 2. The van der Waals surface area contributed by atoms with E-state index in [0.29, 0.717) is 0 Å². The third-order valence-electron chi connectivity index (χ3n) is 5.73. The molecule has 2 aliphatic rings. The lowest BCUT2D eigenvalue weighted by atomic mass is 9.94. The quantitative estimate of drug-likeness (QED) is 0.724. The van der Waals surface area contributed by atoms with Gasteiger partial charge in [-0.05, 0) is 55.5 Å². The van der Waals surface area contributed by atoms with Crippen molar-refractivity contribution in [1.29, 1.82) is 0 Å². The number of carbonyl (C=O) groups excluding carboxylic acids is 1. The maximum Gasteiger partial charge on any atom is 0.220 e. The third-order valence-corrected chi connectivity index (χ3v) is 7.79. The van der Waals surface area contributed by atoms with Crippen LogP contribution in [-0.4, -0.2) is 29.0 Å². The number of amides is 1. The standard InChI is InChI=1S/C20H22N4OS2/c21-17(25)12-7-9-24(10-8-12)19-16-13-4-1-2-5-14(13)27-20(16)23-18(22-19)15-6-3-11-26-15/h3,6,11-12H,1-2,4-5,7-10H2,(H2,21,25). The topological polar surface area (TPSA) is 72.1 Å². The maximum atomic E-state index is 11.6. The largest absolute Gasteiger partial charge is 0.369 e. The average Bonchev–Trinajstić information content (AvgIpc) is 3.35. The molecule has 5 nitrogen and oxygen atoms in total. The normalized spacial score (nSPS) is 18.0. The Morgan fingerprint density at radius 3 is 2.74 bits per heavy atom. The van der Waals surface area contributed by atoms with Crippen LogP contribution in [0.25, 0.3) is 20.9 Å². The zero-order chi connectivity index (χ0) is 18.4. The first-order chi connectivity index (χ1) is 13.2. The van der Waals surface area contributed by atoms with E-state index in [1.165, 1.54) is 28.7 Å². The van der Waals surface area contributed by atoms with Gasteiger partial charge >= 0.3 is 0 Å². The molecule has 3 aromatic rings. The highest BCUT2D eigenvalue weighted by molar-refractivity contribution is 7.19. The fourth-order valence-electron chi connectivity index (χ4n) is 4.26. The SMILES string of the molecule is NC(=O)C1CCN(c2nc(-c3cccs3)nc3sc4c(c23)CCCC4)CC1. The van der Waals surface area contributed by atoms with E-state index in [0.717, 1.165) is 60.1 Å². The van der Waals surface area contributed by atoms with Crippen molar-refractivity contribution >= 4 is 44.6 Å². The van der Waals surface area contributed by atoms with Gasteiger partial charge in [-0.25, -0.2) is 9.97 Å². The van der Waals surface area contributed by atoms with Crippen molar-refractivity contribution in [3.63, 3.8) is 0 Å². The lowest BCUT2D eigenvalue weighted by Gasteiger charge is -2.32. The highest BCUT2D eigenvalue weighted by Gasteiger charge is 2.28. The predicted molar refractivity (Wildman–Crippen MR) is 112 cm³/mol. The van der Waals surface area contributed by atoms with E-state index in [1.54, 1.807) is 11.3 Å². The number of primary amides is 1. The molecule has 1 aliphatic carbocycles. The number of rotatable bonds is 3. The summed E-state index contributed by atoms with van der Waals surface area (Å²) in [5, 5.41) is 3.33.